The molecule has 5 nitrogen and oxygen atoms in total. The summed E-state index contributed by atoms with van der Waals surface area (Å²) in [6.07, 6.45) is 0. The molecule has 0 fully saturated rings. The molecule has 3 N–H and O–H groups in total. The molecule has 51 valence electrons. The zero-order valence-corrected chi connectivity index (χ0v) is 5.74. The molecule has 0 aromatic heterocycles. The van der Waals surface area contributed by atoms with Crippen LogP contribution in [0.15, 0.2) is 0 Å². The SMILES string of the molecule is O=P(O)(O)O.[H-].[Li+].[O]=[Cu]. The van der Waals surface area contributed by atoms with E-state index in [1.807, 2.05) is 0 Å². The van der Waals surface area contributed by atoms with Crippen molar-refractivity contribution in [3.8, 4) is 0 Å². The third kappa shape index (κ3) is 242. The van der Waals surface area contributed by atoms with E-state index >= 15 is 0 Å². The zero-order chi connectivity index (χ0) is 6.50. The quantitative estimate of drug-likeness (QED) is 0.265. The van der Waals surface area contributed by atoms with Crippen LogP contribution in [0.3, 0.4) is 0 Å². The van der Waals surface area contributed by atoms with Gasteiger partial charge in [-0.3, -0.25) is 0 Å². The first kappa shape index (κ1) is 16.0. The summed E-state index contributed by atoms with van der Waals surface area (Å²) < 4.78 is 16.7. The Labute approximate surface area is 67.4 Å². The van der Waals surface area contributed by atoms with Crippen molar-refractivity contribution < 1.29 is 59.3 Å². The Hall–Kier alpha value is 1.03. The predicted octanol–water partition coefficient (Wildman–Crippen LogP) is -3.93. The molecule has 0 rings (SSSR count). The van der Waals surface area contributed by atoms with E-state index in [1.165, 1.54) is 0 Å². The van der Waals surface area contributed by atoms with Crippen LogP contribution in [0.25, 0.3) is 0 Å². The molecule has 0 radical (unpaired) electrons. The van der Waals surface area contributed by atoms with Gasteiger partial charge < -0.3 is 16.1 Å². The van der Waals surface area contributed by atoms with Crippen LogP contribution in [0.1, 0.15) is 1.43 Å². The first-order valence-electron chi connectivity index (χ1n) is 0.906. The van der Waals surface area contributed by atoms with E-state index in [4.69, 9.17) is 23.1 Å². The Morgan fingerprint density at radius 3 is 1.25 bits per heavy atom. The molecular formula is H4CuLiO5P. The van der Waals surface area contributed by atoms with E-state index < -0.39 is 7.82 Å². The van der Waals surface area contributed by atoms with Crippen LogP contribution in [0.4, 0.5) is 0 Å². The van der Waals surface area contributed by atoms with E-state index in [2.05, 4.69) is 15.9 Å². The fraction of sp³-hybridized carbons (Fsp3) is 0. The molecule has 0 aromatic carbocycles. The fourth-order valence-corrected chi connectivity index (χ4v) is 0. The van der Waals surface area contributed by atoms with E-state index in [9.17, 15) is 0 Å². The molecule has 0 heterocycles. The summed E-state index contributed by atoms with van der Waals surface area (Å²) in [6.45, 7) is 0. The molecule has 0 aliphatic carbocycles. The van der Waals surface area contributed by atoms with E-state index in [0.717, 1.165) is 0 Å². The van der Waals surface area contributed by atoms with Crippen LogP contribution in [-0.4, -0.2) is 14.7 Å². The average molecular weight is 185 g/mol. The third-order valence-corrected chi connectivity index (χ3v) is 0. The Morgan fingerprint density at radius 2 is 1.25 bits per heavy atom. The van der Waals surface area contributed by atoms with Gasteiger partial charge in [-0.05, 0) is 0 Å². The number of hydrogen-bond donors (Lipinski definition) is 3. The van der Waals surface area contributed by atoms with Crippen molar-refractivity contribution >= 4 is 7.82 Å². The Morgan fingerprint density at radius 1 is 1.25 bits per heavy atom. The first-order valence-corrected chi connectivity index (χ1v) is 2.86. The van der Waals surface area contributed by atoms with Gasteiger partial charge in [-0.2, -0.15) is 0 Å². The molecule has 0 amide bonds. The zero-order valence-electron chi connectivity index (χ0n) is 4.91. The van der Waals surface area contributed by atoms with Gasteiger partial charge in [0.2, 0.25) is 0 Å². The molecule has 0 aliphatic heterocycles. The van der Waals surface area contributed by atoms with Gasteiger partial charge in [0, 0.05) is 0 Å². The van der Waals surface area contributed by atoms with Crippen molar-refractivity contribution in [1.29, 1.82) is 0 Å². The van der Waals surface area contributed by atoms with Crippen LogP contribution in [0.2, 0.25) is 0 Å². The molecule has 0 aliphatic rings. The third-order valence-electron chi connectivity index (χ3n) is 0. The summed E-state index contributed by atoms with van der Waals surface area (Å²) in [5.74, 6) is 0. The standard InChI is InChI=1S/Cu.Li.H3O4P.O.H/c;;1-5(2,3)4;;/h;;(H3,1,2,3,4);;/q;+1;;;-1. The molecule has 0 bridgehead atoms. The normalized spacial score (nSPS) is 8.12. The molecule has 8 heavy (non-hydrogen) atoms. The molecule has 0 aromatic rings. The molecule has 0 saturated carbocycles. The van der Waals surface area contributed by atoms with Crippen molar-refractivity contribution in [2.24, 2.45) is 0 Å². The second-order valence-corrected chi connectivity index (χ2v) is 1.54. The fourth-order valence-electron chi connectivity index (χ4n) is 0. The van der Waals surface area contributed by atoms with Gasteiger partial charge in [0.1, 0.15) is 0 Å². The Balaban J connectivity index is -0.0000000286. The summed E-state index contributed by atoms with van der Waals surface area (Å²) in [5.41, 5.74) is 0. The Bertz CT molecular complexity index is 72.8. The van der Waals surface area contributed by atoms with Gasteiger partial charge in [0.25, 0.3) is 0 Å². The van der Waals surface area contributed by atoms with Crippen LogP contribution >= 0.6 is 7.82 Å². The summed E-state index contributed by atoms with van der Waals surface area (Å²) in [6, 6.07) is 0. The van der Waals surface area contributed by atoms with Gasteiger partial charge in [-0.1, -0.05) is 0 Å². The number of rotatable bonds is 0. The van der Waals surface area contributed by atoms with Crippen molar-refractivity contribution in [2.75, 3.05) is 0 Å². The maximum absolute atomic E-state index is 8.88. The van der Waals surface area contributed by atoms with Crippen LogP contribution < -0.4 is 18.9 Å². The molecule has 0 atom stereocenters. The minimum absolute atomic E-state index is 0. The number of hydrogen-bond acceptors (Lipinski definition) is 2. The van der Waals surface area contributed by atoms with Gasteiger partial charge in [-0.15, -0.1) is 0 Å². The second kappa shape index (κ2) is 8.03. The van der Waals surface area contributed by atoms with E-state index in [0.29, 0.717) is 0 Å². The molecule has 0 saturated heterocycles. The molecule has 0 spiro atoms. The second-order valence-electron chi connectivity index (χ2n) is 0.513. The van der Waals surface area contributed by atoms with Gasteiger partial charge in [0.15, 0.2) is 0 Å². The maximum atomic E-state index is 8.88. The molecule has 8 heteroatoms. The van der Waals surface area contributed by atoms with Crippen molar-refractivity contribution in [1.82, 2.24) is 0 Å². The first-order chi connectivity index (χ1) is 3.00. The summed E-state index contributed by atoms with van der Waals surface area (Å²) in [7, 11) is -4.64. The minimum atomic E-state index is -4.64. The summed E-state index contributed by atoms with van der Waals surface area (Å²) >= 11 is 2.94. The van der Waals surface area contributed by atoms with Gasteiger partial charge in [-0.25, -0.2) is 4.57 Å². The Kier molecular flexibility index (Phi) is 16.1. The van der Waals surface area contributed by atoms with Crippen LogP contribution in [0.5, 0.6) is 0 Å². The van der Waals surface area contributed by atoms with Crippen molar-refractivity contribution in [3.05, 3.63) is 0 Å². The van der Waals surface area contributed by atoms with Crippen LogP contribution in [0, 0.1) is 0 Å². The van der Waals surface area contributed by atoms with E-state index in [-0.39, 0.29) is 20.3 Å². The van der Waals surface area contributed by atoms with Crippen LogP contribution in [-0.2, 0) is 24.3 Å². The van der Waals surface area contributed by atoms with Gasteiger partial charge >= 0.3 is 46.5 Å². The molecular weight excluding hydrogens is 181 g/mol. The summed E-state index contributed by atoms with van der Waals surface area (Å²) in [5, 5.41) is 0. The summed E-state index contributed by atoms with van der Waals surface area (Å²) in [4.78, 5) is 21.6. The van der Waals surface area contributed by atoms with E-state index in [1.54, 1.807) is 0 Å². The number of phosphoric acid groups is 1. The average Bonchev–Trinajstić information content (AvgIpc) is 1.36. The van der Waals surface area contributed by atoms with Crippen molar-refractivity contribution in [3.63, 3.8) is 0 Å². The molecule has 0 unspecified atom stereocenters. The van der Waals surface area contributed by atoms with Crippen molar-refractivity contribution in [2.45, 2.75) is 0 Å². The van der Waals surface area contributed by atoms with Gasteiger partial charge in [0.05, 0.1) is 0 Å². The topological polar surface area (TPSA) is 94.8 Å². The monoisotopic (exact) mass is 185 g/mol. The predicted molar refractivity (Wildman–Crippen MR) is 16.1 cm³/mol.